The van der Waals surface area contributed by atoms with Crippen molar-refractivity contribution in [2.24, 2.45) is 17.6 Å². The highest BCUT2D eigenvalue weighted by molar-refractivity contribution is 7.88. The summed E-state index contributed by atoms with van der Waals surface area (Å²) in [5, 5.41) is 0. The summed E-state index contributed by atoms with van der Waals surface area (Å²) < 4.78 is 27.8. The molecule has 1 aliphatic rings. The third kappa shape index (κ3) is 5.83. The number of anilines is 1. The normalized spacial score (nSPS) is 17.1. The Balaban J connectivity index is 1.71. The van der Waals surface area contributed by atoms with Gasteiger partial charge in [0.15, 0.2) is 0 Å². The molecular formula is C23H31N3O3S. The van der Waals surface area contributed by atoms with E-state index in [2.05, 4.69) is 4.90 Å². The summed E-state index contributed by atoms with van der Waals surface area (Å²) in [6.45, 7) is 6.31. The topological polar surface area (TPSA) is 83.7 Å². The molecule has 0 aromatic heterocycles. The van der Waals surface area contributed by atoms with Crippen LogP contribution in [0.4, 0.5) is 5.69 Å². The Morgan fingerprint density at radius 3 is 2.33 bits per heavy atom. The van der Waals surface area contributed by atoms with E-state index in [9.17, 15) is 13.2 Å². The second kappa shape index (κ2) is 9.62. The maximum atomic E-state index is 13.1. The van der Waals surface area contributed by atoms with E-state index in [1.807, 2.05) is 68.4 Å². The lowest BCUT2D eigenvalue weighted by Crippen LogP contribution is -2.34. The van der Waals surface area contributed by atoms with Gasteiger partial charge >= 0.3 is 0 Å². The van der Waals surface area contributed by atoms with Crippen molar-refractivity contribution in [1.29, 1.82) is 0 Å². The van der Waals surface area contributed by atoms with Gasteiger partial charge in [-0.2, -0.15) is 4.31 Å². The maximum Gasteiger partial charge on any atom is 0.222 e. The summed E-state index contributed by atoms with van der Waals surface area (Å²) in [5.74, 6) is -0.123. The number of benzene rings is 2. The Hall–Kier alpha value is -2.38. The average Bonchev–Trinajstić information content (AvgIpc) is 3.19. The van der Waals surface area contributed by atoms with Gasteiger partial charge in [0, 0.05) is 31.9 Å². The van der Waals surface area contributed by atoms with Crippen molar-refractivity contribution < 1.29 is 13.2 Å². The van der Waals surface area contributed by atoms with Crippen LogP contribution in [-0.4, -0.2) is 38.3 Å². The zero-order valence-corrected chi connectivity index (χ0v) is 18.5. The van der Waals surface area contributed by atoms with Gasteiger partial charge in [-0.05, 0) is 35.6 Å². The van der Waals surface area contributed by atoms with E-state index in [1.165, 1.54) is 0 Å². The molecule has 1 atom stereocenters. The van der Waals surface area contributed by atoms with Crippen molar-refractivity contribution >= 4 is 21.6 Å². The summed E-state index contributed by atoms with van der Waals surface area (Å²) in [6.07, 6.45) is 0.775. The van der Waals surface area contributed by atoms with Gasteiger partial charge in [-0.25, -0.2) is 8.42 Å². The van der Waals surface area contributed by atoms with E-state index >= 15 is 0 Å². The summed E-state index contributed by atoms with van der Waals surface area (Å²) in [7, 11) is -3.44. The van der Waals surface area contributed by atoms with Gasteiger partial charge in [0.2, 0.25) is 15.9 Å². The molecular weight excluding hydrogens is 398 g/mol. The molecule has 0 saturated carbocycles. The third-order valence-electron chi connectivity index (χ3n) is 5.41. The van der Waals surface area contributed by atoms with E-state index in [1.54, 1.807) is 4.31 Å². The fraction of sp³-hybridized carbons (Fsp3) is 0.435. The lowest BCUT2D eigenvalue weighted by atomic mass is 10.1. The summed E-state index contributed by atoms with van der Waals surface area (Å²) in [6, 6.07) is 17.2. The number of primary amides is 1. The number of carbonyl (C=O) groups is 1. The fourth-order valence-electron chi connectivity index (χ4n) is 3.80. The number of hydrogen-bond donors (Lipinski definition) is 1. The van der Waals surface area contributed by atoms with Crippen LogP contribution in [-0.2, 0) is 27.1 Å². The van der Waals surface area contributed by atoms with Crippen molar-refractivity contribution in [3.05, 3.63) is 65.7 Å². The highest BCUT2D eigenvalue weighted by Gasteiger charge is 2.27. The minimum absolute atomic E-state index is 0.000920. The second-order valence-electron chi connectivity index (χ2n) is 8.43. The quantitative estimate of drug-likeness (QED) is 0.664. The number of nitrogens with two attached hydrogens (primary N) is 1. The predicted octanol–water partition coefficient (Wildman–Crippen LogP) is 2.99. The SMILES string of the molecule is CC(C)CN(Cc1ccc(N2CCC(C(N)=O)C2)cc1)S(=O)(=O)Cc1ccccc1. The first-order valence-electron chi connectivity index (χ1n) is 10.4. The molecule has 0 bridgehead atoms. The lowest BCUT2D eigenvalue weighted by Gasteiger charge is -2.25. The summed E-state index contributed by atoms with van der Waals surface area (Å²) in [4.78, 5) is 13.6. The maximum absolute atomic E-state index is 13.1. The highest BCUT2D eigenvalue weighted by atomic mass is 32.2. The van der Waals surface area contributed by atoms with E-state index < -0.39 is 10.0 Å². The van der Waals surface area contributed by atoms with Crippen LogP contribution in [0.25, 0.3) is 0 Å². The van der Waals surface area contributed by atoms with Crippen molar-refractivity contribution in [3.63, 3.8) is 0 Å². The number of amides is 1. The summed E-state index contributed by atoms with van der Waals surface area (Å²) >= 11 is 0. The molecule has 6 nitrogen and oxygen atoms in total. The molecule has 1 amide bonds. The first kappa shape index (κ1) is 22.3. The number of sulfonamides is 1. The number of carbonyl (C=O) groups excluding carboxylic acids is 1. The van der Waals surface area contributed by atoms with Gasteiger partial charge < -0.3 is 10.6 Å². The Labute approximate surface area is 179 Å². The zero-order chi connectivity index (χ0) is 21.7. The molecule has 3 rings (SSSR count). The van der Waals surface area contributed by atoms with Crippen LogP contribution < -0.4 is 10.6 Å². The van der Waals surface area contributed by atoms with Gasteiger partial charge in [-0.1, -0.05) is 56.3 Å². The molecule has 1 aliphatic heterocycles. The van der Waals surface area contributed by atoms with Crippen molar-refractivity contribution in [1.82, 2.24) is 4.31 Å². The molecule has 30 heavy (non-hydrogen) atoms. The number of hydrogen-bond acceptors (Lipinski definition) is 4. The third-order valence-corrected chi connectivity index (χ3v) is 7.17. The van der Waals surface area contributed by atoms with Crippen LogP contribution in [0.1, 0.15) is 31.4 Å². The molecule has 7 heteroatoms. The molecule has 2 aromatic carbocycles. The lowest BCUT2D eigenvalue weighted by molar-refractivity contribution is -0.121. The molecule has 0 radical (unpaired) electrons. The molecule has 2 N–H and O–H groups in total. The fourth-order valence-corrected chi connectivity index (χ4v) is 5.47. The molecule has 1 heterocycles. The first-order valence-corrected chi connectivity index (χ1v) is 12.0. The summed E-state index contributed by atoms with van der Waals surface area (Å²) in [5.41, 5.74) is 8.19. The van der Waals surface area contributed by atoms with Crippen molar-refractivity contribution in [2.75, 3.05) is 24.5 Å². The van der Waals surface area contributed by atoms with E-state index in [0.717, 1.165) is 29.8 Å². The predicted molar refractivity (Wildman–Crippen MR) is 120 cm³/mol. The molecule has 1 saturated heterocycles. The van der Waals surface area contributed by atoms with Crippen LogP contribution in [0.2, 0.25) is 0 Å². The minimum atomic E-state index is -3.44. The molecule has 1 fully saturated rings. The van der Waals surface area contributed by atoms with Gasteiger partial charge in [0.25, 0.3) is 0 Å². The monoisotopic (exact) mass is 429 g/mol. The van der Waals surface area contributed by atoms with Crippen LogP contribution in [0.3, 0.4) is 0 Å². The van der Waals surface area contributed by atoms with Gasteiger partial charge in [0.05, 0.1) is 11.7 Å². The molecule has 0 spiro atoms. The van der Waals surface area contributed by atoms with Crippen molar-refractivity contribution in [3.8, 4) is 0 Å². The molecule has 162 valence electrons. The van der Waals surface area contributed by atoms with Crippen LogP contribution in [0.5, 0.6) is 0 Å². The highest BCUT2D eigenvalue weighted by Crippen LogP contribution is 2.25. The van der Waals surface area contributed by atoms with Crippen LogP contribution >= 0.6 is 0 Å². The van der Waals surface area contributed by atoms with E-state index in [0.29, 0.717) is 19.6 Å². The Bertz CT molecular complexity index is 943. The average molecular weight is 430 g/mol. The Morgan fingerprint density at radius 2 is 1.77 bits per heavy atom. The smallest absolute Gasteiger partial charge is 0.222 e. The number of rotatable bonds is 9. The zero-order valence-electron chi connectivity index (χ0n) is 17.7. The molecule has 2 aromatic rings. The second-order valence-corrected chi connectivity index (χ2v) is 10.4. The largest absolute Gasteiger partial charge is 0.371 e. The van der Waals surface area contributed by atoms with Gasteiger partial charge in [-0.15, -0.1) is 0 Å². The number of nitrogens with zero attached hydrogens (tertiary/aromatic N) is 2. The van der Waals surface area contributed by atoms with Crippen LogP contribution in [0, 0.1) is 11.8 Å². The molecule has 1 unspecified atom stereocenters. The minimum Gasteiger partial charge on any atom is -0.371 e. The van der Waals surface area contributed by atoms with Crippen molar-refractivity contribution in [2.45, 2.75) is 32.6 Å². The standard InChI is InChI=1S/C23H31N3O3S/c1-18(2)14-26(30(28,29)17-20-6-4-3-5-7-20)15-19-8-10-22(11-9-19)25-13-12-21(16-25)23(24)27/h3-11,18,21H,12-17H2,1-2H3,(H2,24,27). The van der Waals surface area contributed by atoms with E-state index in [4.69, 9.17) is 5.73 Å². The van der Waals surface area contributed by atoms with Gasteiger partial charge in [0.1, 0.15) is 0 Å². The van der Waals surface area contributed by atoms with E-state index in [-0.39, 0.29) is 23.5 Å². The Morgan fingerprint density at radius 1 is 1.10 bits per heavy atom. The first-order chi connectivity index (χ1) is 14.2. The molecule has 0 aliphatic carbocycles. The van der Waals surface area contributed by atoms with Gasteiger partial charge in [-0.3, -0.25) is 4.79 Å². The van der Waals surface area contributed by atoms with Crippen LogP contribution in [0.15, 0.2) is 54.6 Å². The Kier molecular flexibility index (Phi) is 7.15.